The molecule has 0 spiro atoms. The predicted molar refractivity (Wildman–Crippen MR) is 81.7 cm³/mol. The molecule has 0 bridgehead atoms. The first-order valence-corrected chi connectivity index (χ1v) is 7.85. The van der Waals surface area contributed by atoms with Gasteiger partial charge in [-0.15, -0.1) is 0 Å². The van der Waals surface area contributed by atoms with Crippen LogP contribution in [0, 0.1) is 11.8 Å². The van der Waals surface area contributed by atoms with E-state index >= 15 is 0 Å². The average molecular weight is 324 g/mol. The van der Waals surface area contributed by atoms with Crippen molar-refractivity contribution in [2.75, 3.05) is 7.05 Å². The second kappa shape index (κ2) is 6.56. The number of carbonyl (C=O) groups is 1. The minimum absolute atomic E-state index is 0.240. The summed E-state index contributed by atoms with van der Waals surface area (Å²) in [5, 5.41) is 0. The number of amides is 1. The molecule has 0 atom stereocenters. The second-order valence-corrected chi connectivity index (χ2v) is 6.60. The highest BCUT2D eigenvalue weighted by molar-refractivity contribution is 9.10. The Balaban J connectivity index is 1.94. The number of nitrogens with zero attached hydrogens (tertiary/aromatic N) is 1. The van der Waals surface area contributed by atoms with Crippen molar-refractivity contribution in [3.05, 3.63) is 34.3 Å². The van der Waals surface area contributed by atoms with E-state index in [1.165, 1.54) is 18.4 Å². The number of carbonyl (C=O) groups excluding carboxylic acids is 1. The van der Waals surface area contributed by atoms with Crippen molar-refractivity contribution >= 4 is 21.8 Å². The van der Waals surface area contributed by atoms with Gasteiger partial charge in [0.15, 0.2) is 0 Å². The monoisotopic (exact) mass is 323 g/mol. The molecule has 1 aromatic carbocycles. The Kier molecular flexibility index (Phi) is 5.03. The van der Waals surface area contributed by atoms with Crippen molar-refractivity contribution in [2.45, 2.75) is 39.2 Å². The third kappa shape index (κ3) is 3.82. The molecule has 1 saturated carbocycles. The zero-order valence-electron chi connectivity index (χ0n) is 11.7. The fraction of sp³-hybridized carbons (Fsp3) is 0.562. The number of rotatable bonds is 3. The van der Waals surface area contributed by atoms with Crippen molar-refractivity contribution in [3.63, 3.8) is 0 Å². The molecule has 0 aromatic heterocycles. The van der Waals surface area contributed by atoms with E-state index < -0.39 is 0 Å². The fourth-order valence-corrected chi connectivity index (χ4v) is 3.19. The molecule has 0 unspecified atom stereocenters. The first-order chi connectivity index (χ1) is 9.08. The van der Waals surface area contributed by atoms with E-state index in [2.05, 4.69) is 28.9 Å². The SMILES string of the molecule is CC1CCC(C(=O)N(C)Cc2ccccc2Br)CC1. The summed E-state index contributed by atoms with van der Waals surface area (Å²) in [4.78, 5) is 14.3. The van der Waals surface area contributed by atoms with E-state index in [-0.39, 0.29) is 5.92 Å². The second-order valence-electron chi connectivity index (χ2n) is 5.74. The Hall–Kier alpha value is -0.830. The normalized spacial score (nSPS) is 23.1. The minimum Gasteiger partial charge on any atom is -0.341 e. The maximum atomic E-state index is 12.4. The summed E-state index contributed by atoms with van der Waals surface area (Å²) < 4.78 is 1.08. The molecule has 3 heteroatoms. The van der Waals surface area contributed by atoms with Gasteiger partial charge < -0.3 is 4.90 Å². The van der Waals surface area contributed by atoms with Crippen LogP contribution in [0.25, 0.3) is 0 Å². The molecule has 0 N–H and O–H groups in total. The highest BCUT2D eigenvalue weighted by atomic mass is 79.9. The van der Waals surface area contributed by atoms with E-state index in [9.17, 15) is 4.79 Å². The van der Waals surface area contributed by atoms with Crippen LogP contribution in [0.5, 0.6) is 0 Å². The molecule has 2 rings (SSSR count). The summed E-state index contributed by atoms with van der Waals surface area (Å²) in [5.74, 6) is 1.34. The van der Waals surface area contributed by atoms with Gasteiger partial charge in [0.05, 0.1) is 0 Å². The Morgan fingerprint density at radius 2 is 1.89 bits per heavy atom. The van der Waals surface area contributed by atoms with Crippen LogP contribution >= 0.6 is 15.9 Å². The van der Waals surface area contributed by atoms with Crippen LogP contribution in [0.2, 0.25) is 0 Å². The molecule has 0 saturated heterocycles. The van der Waals surface area contributed by atoms with E-state index in [0.717, 1.165) is 23.2 Å². The number of benzene rings is 1. The van der Waals surface area contributed by atoms with E-state index in [1.807, 2.05) is 30.1 Å². The van der Waals surface area contributed by atoms with Gasteiger partial charge in [0.2, 0.25) is 5.91 Å². The fourth-order valence-electron chi connectivity index (χ4n) is 2.78. The van der Waals surface area contributed by atoms with Gasteiger partial charge in [-0.1, -0.05) is 41.1 Å². The van der Waals surface area contributed by atoms with Gasteiger partial charge in [0, 0.05) is 24.0 Å². The number of hydrogen-bond donors (Lipinski definition) is 0. The first kappa shape index (κ1) is 14.6. The lowest BCUT2D eigenvalue weighted by molar-refractivity contribution is -0.136. The predicted octanol–water partition coefficient (Wildman–Crippen LogP) is 4.23. The van der Waals surface area contributed by atoms with Gasteiger partial charge in [-0.25, -0.2) is 0 Å². The van der Waals surface area contributed by atoms with E-state index in [4.69, 9.17) is 0 Å². The van der Waals surface area contributed by atoms with Crippen LogP contribution in [0.15, 0.2) is 28.7 Å². The molecule has 19 heavy (non-hydrogen) atoms. The van der Waals surface area contributed by atoms with E-state index in [1.54, 1.807) is 0 Å². The van der Waals surface area contributed by atoms with Crippen LogP contribution in [0.3, 0.4) is 0 Å². The third-order valence-corrected chi connectivity index (χ3v) is 4.88. The molecule has 0 radical (unpaired) electrons. The van der Waals surface area contributed by atoms with Crippen molar-refractivity contribution in [1.82, 2.24) is 4.90 Å². The van der Waals surface area contributed by atoms with Crippen LogP contribution in [0.1, 0.15) is 38.2 Å². The lowest BCUT2D eigenvalue weighted by Gasteiger charge is -2.29. The summed E-state index contributed by atoms with van der Waals surface area (Å²) in [6.07, 6.45) is 4.50. The molecular weight excluding hydrogens is 302 g/mol. The molecular formula is C16H22BrNO. The Morgan fingerprint density at radius 3 is 2.53 bits per heavy atom. The van der Waals surface area contributed by atoms with Gasteiger partial charge in [-0.3, -0.25) is 4.79 Å². The molecule has 1 aliphatic rings. The van der Waals surface area contributed by atoms with Crippen LogP contribution in [0.4, 0.5) is 0 Å². The van der Waals surface area contributed by atoms with Crippen LogP contribution in [-0.4, -0.2) is 17.9 Å². The quantitative estimate of drug-likeness (QED) is 0.815. The lowest BCUT2D eigenvalue weighted by atomic mass is 9.82. The lowest BCUT2D eigenvalue weighted by Crippen LogP contribution is -2.34. The van der Waals surface area contributed by atoms with Gasteiger partial charge in [-0.2, -0.15) is 0 Å². The van der Waals surface area contributed by atoms with Crippen molar-refractivity contribution in [1.29, 1.82) is 0 Å². The third-order valence-electron chi connectivity index (χ3n) is 4.11. The van der Waals surface area contributed by atoms with Gasteiger partial charge >= 0.3 is 0 Å². The van der Waals surface area contributed by atoms with Crippen LogP contribution in [-0.2, 0) is 11.3 Å². The highest BCUT2D eigenvalue weighted by Crippen LogP contribution is 2.30. The molecule has 1 aliphatic carbocycles. The van der Waals surface area contributed by atoms with Crippen molar-refractivity contribution in [2.24, 2.45) is 11.8 Å². The maximum absolute atomic E-state index is 12.4. The zero-order chi connectivity index (χ0) is 13.8. The molecule has 1 aromatic rings. The minimum atomic E-state index is 0.240. The first-order valence-electron chi connectivity index (χ1n) is 7.06. The summed E-state index contributed by atoms with van der Waals surface area (Å²) >= 11 is 3.54. The van der Waals surface area contributed by atoms with Crippen molar-refractivity contribution < 1.29 is 4.79 Å². The summed E-state index contributed by atoms with van der Waals surface area (Å²) in [7, 11) is 1.92. The number of halogens is 1. The highest BCUT2D eigenvalue weighted by Gasteiger charge is 2.26. The zero-order valence-corrected chi connectivity index (χ0v) is 13.3. The van der Waals surface area contributed by atoms with Gasteiger partial charge in [-0.05, 0) is 43.2 Å². The standard InChI is InChI=1S/C16H22BrNO/c1-12-7-9-13(10-8-12)16(19)18(2)11-14-5-3-4-6-15(14)17/h3-6,12-13H,7-11H2,1-2H3. The van der Waals surface area contributed by atoms with E-state index in [0.29, 0.717) is 12.5 Å². The van der Waals surface area contributed by atoms with Gasteiger partial charge in [0.1, 0.15) is 0 Å². The largest absolute Gasteiger partial charge is 0.341 e. The molecule has 1 fully saturated rings. The summed E-state index contributed by atoms with van der Waals surface area (Å²) in [5.41, 5.74) is 1.17. The molecule has 104 valence electrons. The molecule has 1 amide bonds. The topological polar surface area (TPSA) is 20.3 Å². The average Bonchev–Trinajstić information content (AvgIpc) is 2.41. The molecule has 2 nitrogen and oxygen atoms in total. The Morgan fingerprint density at radius 1 is 1.26 bits per heavy atom. The molecule has 0 aliphatic heterocycles. The summed E-state index contributed by atoms with van der Waals surface area (Å²) in [6, 6.07) is 8.10. The van der Waals surface area contributed by atoms with Gasteiger partial charge in [0.25, 0.3) is 0 Å². The summed E-state index contributed by atoms with van der Waals surface area (Å²) in [6.45, 7) is 2.97. The Bertz CT molecular complexity index is 438. The Labute approximate surface area is 124 Å². The van der Waals surface area contributed by atoms with Crippen molar-refractivity contribution in [3.8, 4) is 0 Å². The maximum Gasteiger partial charge on any atom is 0.225 e. The smallest absolute Gasteiger partial charge is 0.225 e. The number of hydrogen-bond acceptors (Lipinski definition) is 1. The van der Waals surface area contributed by atoms with Crippen LogP contribution < -0.4 is 0 Å². The molecule has 0 heterocycles.